The molecule has 0 radical (unpaired) electrons. The van der Waals surface area contributed by atoms with Crippen LogP contribution in [0.1, 0.15) is 37.9 Å². The van der Waals surface area contributed by atoms with E-state index in [4.69, 9.17) is 16.6 Å². The first-order chi connectivity index (χ1) is 21.4. The average molecular weight is 631 g/mol. The van der Waals surface area contributed by atoms with Crippen LogP contribution in [-0.2, 0) is 9.59 Å². The Labute approximate surface area is 264 Å². The quantitative estimate of drug-likeness (QED) is 0.318. The molecule has 3 aromatic heterocycles. The molecule has 0 saturated carbocycles. The Bertz CT molecular complexity index is 1970. The van der Waals surface area contributed by atoms with Crippen LogP contribution in [-0.4, -0.2) is 68.6 Å². The number of aryl methyl sites for hydroxylation is 1. The number of hydrogen-bond donors (Lipinski definition) is 1. The zero-order valence-corrected chi connectivity index (χ0v) is 26.3. The summed E-state index contributed by atoms with van der Waals surface area (Å²) in [6, 6.07) is 6.15. The molecule has 1 fully saturated rings. The van der Waals surface area contributed by atoms with Crippen molar-refractivity contribution in [1.29, 1.82) is 0 Å². The summed E-state index contributed by atoms with van der Waals surface area (Å²) in [5, 5.41) is 11.1. The fraction of sp³-hybridized carbons (Fsp3) is 0.303. The van der Waals surface area contributed by atoms with E-state index < -0.39 is 17.4 Å². The third kappa shape index (κ3) is 4.56. The number of benzene rings is 1. The number of halogens is 2. The molecule has 2 unspecified atom stereocenters. The number of pyridine rings is 3. The standard InChI is InChI=1S/C33H32ClFN6O4/c1-7-24(43)39-15-22-32(44)38(6)30-29(40(22)14-18(39)5)19-13-20(34)27(25-21(35)9-8-10-23(25)42)37-31(19)41(33(30)45)28-17(4)11-12-36-26(28)16(2)3/h7-13,16,18,22,42H,1,14-15H2,2-6H3. The maximum Gasteiger partial charge on any atom is 0.283 e. The molecular formula is C33H32ClFN6O4. The molecule has 2 amide bonds. The number of rotatable bonds is 4. The van der Waals surface area contributed by atoms with Gasteiger partial charge in [-0.25, -0.2) is 9.37 Å². The predicted molar refractivity (Wildman–Crippen MR) is 172 cm³/mol. The van der Waals surface area contributed by atoms with Gasteiger partial charge in [0.2, 0.25) is 5.91 Å². The molecule has 1 N–H and O–H groups in total. The number of fused-ring (bicyclic) bond motifs is 5. The molecule has 2 atom stereocenters. The molecule has 1 saturated heterocycles. The molecule has 6 rings (SSSR count). The lowest BCUT2D eigenvalue weighted by Crippen LogP contribution is -2.66. The van der Waals surface area contributed by atoms with Crippen LogP contribution in [0.2, 0.25) is 5.02 Å². The van der Waals surface area contributed by atoms with Crippen molar-refractivity contribution in [3.05, 3.63) is 81.6 Å². The molecular weight excluding hydrogens is 599 g/mol. The number of carbonyl (C=O) groups excluding carboxylic acids is 2. The van der Waals surface area contributed by atoms with Gasteiger partial charge >= 0.3 is 0 Å². The van der Waals surface area contributed by atoms with Gasteiger partial charge in [-0.1, -0.05) is 38.1 Å². The molecule has 1 aromatic carbocycles. The van der Waals surface area contributed by atoms with Crippen molar-refractivity contribution in [1.82, 2.24) is 19.4 Å². The maximum atomic E-state index is 15.2. The van der Waals surface area contributed by atoms with E-state index in [9.17, 15) is 19.5 Å². The first kappa shape index (κ1) is 30.3. The lowest BCUT2D eigenvalue weighted by molar-refractivity contribution is -0.130. The molecule has 10 nitrogen and oxygen atoms in total. The van der Waals surface area contributed by atoms with Crippen LogP contribution >= 0.6 is 11.6 Å². The van der Waals surface area contributed by atoms with Crippen molar-refractivity contribution < 1.29 is 19.1 Å². The zero-order chi connectivity index (χ0) is 32.5. The van der Waals surface area contributed by atoms with Gasteiger partial charge < -0.3 is 19.8 Å². The third-order valence-electron chi connectivity index (χ3n) is 8.64. The number of nitrogens with zero attached hydrogens (tertiary/aromatic N) is 6. The summed E-state index contributed by atoms with van der Waals surface area (Å²) in [5.41, 5.74) is 1.77. The SMILES string of the molecule is C=CC(=O)N1CC2C(=O)N(C)c3c(c4cc(Cl)c(-c5c(O)cccc5F)nc4n(-c4c(C)ccnc4C(C)C)c3=O)N2CC1C. The molecule has 0 aliphatic carbocycles. The highest BCUT2D eigenvalue weighted by molar-refractivity contribution is 6.34. The van der Waals surface area contributed by atoms with E-state index in [-0.39, 0.29) is 70.2 Å². The second kappa shape index (κ2) is 11.0. The molecule has 4 aromatic rings. The number of phenolic OH excluding ortho intramolecular Hbond substituents is 1. The Hall–Kier alpha value is -4.77. The summed E-state index contributed by atoms with van der Waals surface area (Å²) in [4.78, 5) is 55.5. The molecule has 12 heteroatoms. The van der Waals surface area contributed by atoms with E-state index in [1.54, 1.807) is 23.2 Å². The number of amides is 2. The van der Waals surface area contributed by atoms with Crippen molar-refractivity contribution in [3.63, 3.8) is 0 Å². The number of piperazine rings is 1. The van der Waals surface area contributed by atoms with E-state index >= 15 is 4.39 Å². The predicted octanol–water partition coefficient (Wildman–Crippen LogP) is 4.95. The lowest BCUT2D eigenvalue weighted by atomic mass is 9.98. The fourth-order valence-corrected chi connectivity index (χ4v) is 6.70. The normalized spacial score (nSPS) is 18.0. The zero-order valence-electron chi connectivity index (χ0n) is 25.5. The summed E-state index contributed by atoms with van der Waals surface area (Å²) < 4.78 is 16.6. The number of aromatic nitrogens is 3. The van der Waals surface area contributed by atoms with Gasteiger partial charge in [-0.05, 0) is 55.7 Å². The molecule has 0 spiro atoms. The Balaban J connectivity index is 1.76. The van der Waals surface area contributed by atoms with Crippen LogP contribution in [0, 0.1) is 12.7 Å². The van der Waals surface area contributed by atoms with Crippen molar-refractivity contribution in [3.8, 4) is 22.7 Å². The molecule has 45 heavy (non-hydrogen) atoms. The maximum absolute atomic E-state index is 15.2. The van der Waals surface area contributed by atoms with Gasteiger partial charge in [-0.3, -0.25) is 23.9 Å². The summed E-state index contributed by atoms with van der Waals surface area (Å²) in [7, 11) is 1.54. The third-order valence-corrected chi connectivity index (χ3v) is 8.93. The summed E-state index contributed by atoms with van der Waals surface area (Å²) in [6.07, 6.45) is 2.88. The van der Waals surface area contributed by atoms with Crippen LogP contribution in [0.15, 0.2) is 54.0 Å². The van der Waals surface area contributed by atoms with Gasteiger partial charge in [0.1, 0.15) is 23.3 Å². The van der Waals surface area contributed by atoms with Crippen LogP contribution in [0.4, 0.5) is 15.8 Å². The summed E-state index contributed by atoms with van der Waals surface area (Å²) in [6.45, 7) is 11.5. The minimum atomic E-state index is -0.790. The smallest absolute Gasteiger partial charge is 0.283 e. The monoisotopic (exact) mass is 630 g/mol. The van der Waals surface area contributed by atoms with Gasteiger partial charge in [0, 0.05) is 31.2 Å². The van der Waals surface area contributed by atoms with Crippen molar-refractivity contribution in [2.75, 3.05) is 29.9 Å². The Morgan fingerprint density at radius 3 is 2.58 bits per heavy atom. The highest BCUT2D eigenvalue weighted by Gasteiger charge is 2.46. The molecule has 232 valence electrons. The first-order valence-electron chi connectivity index (χ1n) is 14.6. The highest BCUT2D eigenvalue weighted by atomic mass is 35.5. The van der Waals surface area contributed by atoms with Crippen molar-refractivity contribution in [2.45, 2.75) is 45.7 Å². The van der Waals surface area contributed by atoms with Crippen LogP contribution in [0.5, 0.6) is 5.75 Å². The second-order valence-corrected chi connectivity index (χ2v) is 12.2. The van der Waals surface area contributed by atoms with Gasteiger partial charge in [0.15, 0.2) is 5.65 Å². The molecule has 2 aliphatic heterocycles. The van der Waals surface area contributed by atoms with Gasteiger partial charge in [0.25, 0.3) is 11.5 Å². The van der Waals surface area contributed by atoms with E-state index in [1.165, 1.54) is 40.8 Å². The van der Waals surface area contributed by atoms with Gasteiger partial charge in [0.05, 0.1) is 39.9 Å². The largest absolute Gasteiger partial charge is 0.507 e. The average Bonchev–Trinajstić information content (AvgIpc) is 2.99. The summed E-state index contributed by atoms with van der Waals surface area (Å²) in [5.74, 6) is -1.84. The Morgan fingerprint density at radius 1 is 1.18 bits per heavy atom. The van der Waals surface area contributed by atoms with Gasteiger partial charge in [-0.15, -0.1) is 0 Å². The number of phenols is 1. The van der Waals surface area contributed by atoms with E-state index in [1.807, 2.05) is 32.6 Å². The fourth-order valence-electron chi connectivity index (χ4n) is 6.45. The molecule has 0 bridgehead atoms. The molecule has 2 aliphatic rings. The number of hydrogen-bond acceptors (Lipinski definition) is 7. The number of likely N-dealkylation sites (N-methyl/N-ethyl adjacent to an activating group) is 1. The Morgan fingerprint density at radius 2 is 1.91 bits per heavy atom. The lowest BCUT2D eigenvalue weighted by Gasteiger charge is -2.49. The molecule has 5 heterocycles. The van der Waals surface area contributed by atoms with Crippen molar-refractivity contribution in [2.24, 2.45) is 0 Å². The van der Waals surface area contributed by atoms with Crippen LogP contribution < -0.4 is 15.4 Å². The van der Waals surface area contributed by atoms with E-state index in [0.717, 1.165) is 5.56 Å². The summed E-state index contributed by atoms with van der Waals surface area (Å²) >= 11 is 6.82. The van der Waals surface area contributed by atoms with Gasteiger partial charge in [-0.2, -0.15) is 0 Å². The minimum Gasteiger partial charge on any atom is -0.507 e. The second-order valence-electron chi connectivity index (χ2n) is 11.8. The Kier molecular flexibility index (Phi) is 7.39. The highest BCUT2D eigenvalue weighted by Crippen LogP contribution is 2.45. The van der Waals surface area contributed by atoms with Crippen LogP contribution in [0.3, 0.4) is 0 Å². The van der Waals surface area contributed by atoms with Crippen molar-refractivity contribution >= 4 is 45.8 Å². The number of aromatic hydroxyl groups is 1. The van der Waals surface area contributed by atoms with Crippen LogP contribution in [0.25, 0.3) is 28.0 Å². The topological polar surface area (TPSA) is 112 Å². The number of anilines is 2. The first-order valence-corrected chi connectivity index (χ1v) is 14.9. The van der Waals surface area contributed by atoms with E-state index in [0.29, 0.717) is 22.5 Å². The minimum absolute atomic E-state index is 0.0342. The van der Waals surface area contributed by atoms with E-state index in [2.05, 4.69) is 11.6 Å². The number of carbonyl (C=O) groups is 2.